The largest absolute Gasteiger partial charge is 0.459 e. The predicted octanol–water partition coefficient (Wildman–Crippen LogP) is 4.37. The maximum absolute atomic E-state index is 11.9. The summed E-state index contributed by atoms with van der Waals surface area (Å²) in [6.45, 7) is 0. The van der Waals surface area contributed by atoms with E-state index < -0.39 is 0 Å². The minimum Gasteiger partial charge on any atom is -0.459 e. The fraction of sp³-hybridized carbons (Fsp3) is 0.0714. The highest BCUT2D eigenvalue weighted by Crippen LogP contribution is 2.26. The van der Waals surface area contributed by atoms with Gasteiger partial charge in [-0.3, -0.25) is 4.79 Å². The molecule has 118 valence electrons. The van der Waals surface area contributed by atoms with E-state index in [1.165, 1.54) is 6.26 Å². The molecule has 1 amide bonds. The first-order chi connectivity index (χ1) is 11.1. The van der Waals surface area contributed by atoms with Crippen molar-refractivity contribution in [3.63, 3.8) is 0 Å². The van der Waals surface area contributed by atoms with Crippen molar-refractivity contribution in [1.29, 1.82) is 0 Å². The van der Waals surface area contributed by atoms with Crippen LogP contribution in [-0.4, -0.2) is 21.9 Å². The van der Waals surface area contributed by atoms with E-state index in [9.17, 15) is 4.79 Å². The summed E-state index contributed by atoms with van der Waals surface area (Å²) in [5.74, 6) is 0.623. The average molecular weight is 370 g/mol. The van der Waals surface area contributed by atoms with Gasteiger partial charge in [0.15, 0.2) is 5.76 Å². The number of amides is 1. The third kappa shape index (κ3) is 4.07. The molecule has 2 aromatic heterocycles. The Labute approximate surface area is 145 Å². The fourth-order valence-electron chi connectivity index (χ4n) is 1.67. The molecule has 0 fully saturated rings. The van der Waals surface area contributed by atoms with Gasteiger partial charge in [-0.15, -0.1) is 10.2 Å². The molecule has 1 N–H and O–H groups in total. The zero-order chi connectivity index (χ0) is 16.2. The molecule has 0 aliphatic carbocycles. The van der Waals surface area contributed by atoms with Crippen LogP contribution in [0.25, 0.3) is 11.7 Å². The molecule has 0 atom stereocenters. The summed E-state index contributed by atoms with van der Waals surface area (Å²) in [6, 6.07) is 8.28. The second-order valence-electron chi connectivity index (χ2n) is 4.32. The lowest BCUT2D eigenvalue weighted by Gasteiger charge is -2.05. The summed E-state index contributed by atoms with van der Waals surface area (Å²) in [5, 5.41) is 11.5. The Hall–Kier alpha value is -1.96. The maximum atomic E-state index is 11.9. The molecular formula is C14H9Cl2N3O3S. The fourth-order valence-corrected chi connectivity index (χ4v) is 2.53. The number of nitrogens with one attached hydrogen (secondary N) is 1. The van der Waals surface area contributed by atoms with Gasteiger partial charge in [0.05, 0.1) is 22.1 Å². The van der Waals surface area contributed by atoms with Crippen LogP contribution in [0, 0.1) is 0 Å². The summed E-state index contributed by atoms with van der Waals surface area (Å²) in [6.07, 6.45) is 1.51. The Morgan fingerprint density at radius 1 is 1.22 bits per heavy atom. The number of anilines is 1. The highest BCUT2D eigenvalue weighted by atomic mass is 35.5. The maximum Gasteiger partial charge on any atom is 0.284 e. The van der Waals surface area contributed by atoms with Crippen molar-refractivity contribution in [1.82, 2.24) is 10.2 Å². The zero-order valence-corrected chi connectivity index (χ0v) is 13.8. The second-order valence-corrected chi connectivity index (χ2v) is 6.06. The van der Waals surface area contributed by atoms with Crippen LogP contribution in [-0.2, 0) is 4.79 Å². The molecule has 0 bridgehead atoms. The SMILES string of the molecule is O=C(CSc1nnc(-c2ccco2)o1)Nc1ccc(Cl)c(Cl)c1. The van der Waals surface area contributed by atoms with Gasteiger partial charge in [-0.25, -0.2) is 0 Å². The topological polar surface area (TPSA) is 81.2 Å². The molecule has 0 unspecified atom stereocenters. The van der Waals surface area contributed by atoms with Gasteiger partial charge >= 0.3 is 0 Å². The van der Waals surface area contributed by atoms with E-state index in [0.717, 1.165) is 11.8 Å². The Bertz CT molecular complexity index is 821. The predicted molar refractivity (Wildman–Crippen MR) is 87.8 cm³/mol. The van der Waals surface area contributed by atoms with E-state index in [1.807, 2.05) is 0 Å². The highest BCUT2D eigenvalue weighted by molar-refractivity contribution is 7.99. The first-order valence-corrected chi connectivity index (χ1v) is 8.11. The Morgan fingerprint density at radius 2 is 2.09 bits per heavy atom. The number of carbonyl (C=O) groups is 1. The summed E-state index contributed by atoms with van der Waals surface area (Å²) in [4.78, 5) is 11.9. The van der Waals surface area contributed by atoms with Crippen molar-refractivity contribution in [2.75, 3.05) is 11.1 Å². The number of hydrogen-bond donors (Lipinski definition) is 1. The number of aromatic nitrogens is 2. The Balaban J connectivity index is 1.55. The lowest BCUT2D eigenvalue weighted by atomic mass is 10.3. The third-order valence-corrected chi connectivity index (χ3v) is 4.23. The molecule has 0 aliphatic rings. The molecule has 0 aliphatic heterocycles. The van der Waals surface area contributed by atoms with Gasteiger partial charge in [0.2, 0.25) is 5.91 Å². The van der Waals surface area contributed by atoms with Crippen LogP contribution in [0.3, 0.4) is 0 Å². The van der Waals surface area contributed by atoms with Gasteiger partial charge in [-0.2, -0.15) is 0 Å². The Morgan fingerprint density at radius 3 is 2.83 bits per heavy atom. The molecule has 3 rings (SSSR count). The van der Waals surface area contributed by atoms with Crippen LogP contribution < -0.4 is 5.32 Å². The molecule has 23 heavy (non-hydrogen) atoms. The van der Waals surface area contributed by atoms with Crippen molar-refractivity contribution in [3.05, 3.63) is 46.6 Å². The number of hydrogen-bond acceptors (Lipinski definition) is 6. The zero-order valence-electron chi connectivity index (χ0n) is 11.5. The molecule has 0 saturated carbocycles. The van der Waals surface area contributed by atoms with Crippen molar-refractivity contribution in [2.24, 2.45) is 0 Å². The summed E-state index contributed by atoms with van der Waals surface area (Å²) in [7, 11) is 0. The van der Waals surface area contributed by atoms with Gasteiger partial charge in [-0.05, 0) is 30.3 Å². The highest BCUT2D eigenvalue weighted by Gasteiger charge is 2.13. The lowest BCUT2D eigenvalue weighted by Crippen LogP contribution is -2.13. The Kier molecular flexibility index (Phi) is 4.90. The number of benzene rings is 1. The molecule has 0 spiro atoms. The lowest BCUT2D eigenvalue weighted by molar-refractivity contribution is -0.113. The first kappa shape index (κ1) is 15.9. The van der Waals surface area contributed by atoms with Crippen molar-refractivity contribution < 1.29 is 13.6 Å². The molecule has 3 aromatic rings. The molecular weight excluding hydrogens is 361 g/mol. The van der Waals surface area contributed by atoms with Gasteiger partial charge in [0, 0.05) is 5.69 Å². The van der Waals surface area contributed by atoms with Crippen molar-refractivity contribution in [3.8, 4) is 11.7 Å². The van der Waals surface area contributed by atoms with Crippen LogP contribution in [0.15, 0.2) is 50.7 Å². The number of nitrogens with zero attached hydrogens (tertiary/aromatic N) is 2. The molecule has 1 aromatic carbocycles. The van der Waals surface area contributed by atoms with Crippen LogP contribution in [0.1, 0.15) is 0 Å². The quantitative estimate of drug-likeness (QED) is 0.672. The van der Waals surface area contributed by atoms with Crippen molar-refractivity contribution >= 4 is 46.6 Å². The molecule has 9 heteroatoms. The second kappa shape index (κ2) is 7.08. The minimum atomic E-state index is -0.230. The summed E-state index contributed by atoms with van der Waals surface area (Å²) < 4.78 is 10.5. The van der Waals surface area contributed by atoms with Crippen LogP contribution in [0.2, 0.25) is 10.0 Å². The smallest absolute Gasteiger partial charge is 0.284 e. The monoisotopic (exact) mass is 369 g/mol. The number of furan rings is 1. The number of thioether (sulfide) groups is 1. The summed E-state index contributed by atoms with van der Waals surface area (Å²) >= 11 is 12.8. The van der Waals surface area contributed by atoms with Gasteiger partial charge in [0.1, 0.15) is 0 Å². The van der Waals surface area contributed by atoms with E-state index in [0.29, 0.717) is 21.5 Å². The average Bonchev–Trinajstić information content (AvgIpc) is 3.19. The number of carbonyl (C=O) groups excluding carboxylic acids is 1. The molecule has 0 saturated heterocycles. The van der Waals surface area contributed by atoms with Gasteiger partial charge in [0.25, 0.3) is 11.1 Å². The van der Waals surface area contributed by atoms with E-state index in [-0.39, 0.29) is 22.8 Å². The number of rotatable bonds is 5. The first-order valence-electron chi connectivity index (χ1n) is 6.37. The third-order valence-electron chi connectivity index (χ3n) is 2.67. The molecule has 0 radical (unpaired) electrons. The van der Waals surface area contributed by atoms with E-state index in [4.69, 9.17) is 32.0 Å². The van der Waals surface area contributed by atoms with Gasteiger partial charge < -0.3 is 14.2 Å². The van der Waals surface area contributed by atoms with Crippen LogP contribution >= 0.6 is 35.0 Å². The van der Waals surface area contributed by atoms with E-state index in [1.54, 1.807) is 30.3 Å². The van der Waals surface area contributed by atoms with E-state index in [2.05, 4.69) is 15.5 Å². The van der Waals surface area contributed by atoms with Crippen LogP contribution in [0.5, 0.6) is 0 Å². The standard InChI is InChI=1S/C14H9Cl2N3O3S/c15-9-4-3-8(6-10(9)16)17-12(20)7-23-14-19-18-13(22-14)11-2-1-5-21-11/h1-6H,7H2,(H,17,20). The normalized spacial score (nSPS) is 10.7. The molecule has 2 heterocycles. The van der Waals surface area contributed by atoms with Gasteiger partial charge in [-0.1, -0.05) is 35.0 Å². The van der Waals surface area contributed by atoms with Crippen LogP contribution in [0.4, 0.5) is 5.69 Å². The number of halogens is 2. The van der Waals surface area contributed by atoms with Crippen molar-refractivity contribution in [2.45, 2.75) is 5.22 Å². The van der Waals surface area contributed by atoms with E-state index >= 15 is 0 Å². The minimum absolute atomic E-state index is 0.111. The molecule has 6 nitrogen and oxygen atoms in total. The summed E-state index contributed by atoms with van der Waals surface area (Å²) in [5.41, 5.74) is 0.562.